The summed E-state index contributed by atoms with van der Waals surface area (Å²) in [5.41, 5.74) is 7.11. The minimum absolute atomic E-state index is 0.543. The van der Waals surface area contributed by atoms with Crippen molar-refractivity contribution in [3.05, 3.63) is 107 Å². The Morgan fingerprint density at radius 3 is 1.88 bits per heavy atom. The lowest BCUT2D eigenvalue weighted by molar-refractivity contribution is 1.06. The van der Waals surface area contributed by atoms with Crippen LogP contribution in [0.3, 0.4) is 0 Å². The fourth-order valence-electron chi connectivity index (χ4n) is 2.95. The van der Waals surface area contributed by atoms with Gasteiger partial charge >= 0.3 is 0 Å². The molecule has 0 amide bonds. The van der Waals surface area contributed by atoms with E-state index in [2.05, 4.69) is 67.4 Å². The minimum atomic E-state index is 0.543. The quantitative estimate of drug-likeness (QED) is 0.350. The summed E-state index contributed by atoms with van der Waals surface area (Å²) < 4.78 is 0. The molecule has 1 nitrogen and oxygen atoms in total. The maximum absolute atomic E-state index is 6.38. The van der Waals surface area contributed by atoms with Gasteiger partial charge < -0.3 is 0 Å². The van der Waals surface area contributed by atoms with Crippen LogP contribution in [0, 0.1) is 0 Å². The number of benzene rings is 3. The second-order valence-electron chi connectivity index (χ2n) is 6.25. The van der Waals surface area contributed by atoms with Gasteiger partial charge in [-0.15, -0.1) is 0 Å². The van der Waals surface area contributed by atoms with Gasteiger partial charge in [-0.05, 0) is 41.7 Å². The number of nitrogens with zero attached hydrogens (tertiary/aromatic N) is 1. The van der Waals surface area contributed by atoms with E-state index in [0.29, 0.717) is 11.7 Å². The summed E-state index contributed by atoms with van der Waals surface area (Å²) in [6.07, 6.45) is 0. The van der Waals surface area contributed by atoms with E-state index in [1.807, 2.05) is 36.4 Å². The van der Waals surface area contributed by atoms with Crippen molar-refractivity contribution in [2.75, 3.05) is 0 Å². The van der Waals surface area contributed by atoms with E-state index >= 15 is 0 Å². The Kier molecular flexibility index (Phi) is 6.04. The SMILES string of the molecule is C/C(=C(\C)c1ccccc1CN=C(Cl)c1ccccc1)c1ccccc1. The number of allylic oxidation sites excluding steroid dienone is 2. The molecular weight excluding hydrogens is 338 g/mol. The van der Waals surface area contributed by atoms with Crippen molar-refractivity contribution in [2.45, 2.75) is 20.4 Å². The van der Waals surface area contributed by atoms with Crippen molar-refractivity contribution in [1.29, 1.82) is 0 Å². The van der Waals surface area contributed by atoms with Crippen LogP contribution < -0.4 is 0 Å². The van der Waals surface area contributed by atoms with Crippen molar-refractivity contribution in [1.82, 2.24) is 0 Å². The number of hydrogen-bond acceptors (Lipinski definition) is 1. The Morgan fingerprint density at radius 1 is 0.692 bits per heavy atom. The van der Waals surface area contributed by atoms with Crippen molar-refractivity contribution in [3.63, 3.8) is 0 Å². The highest BCUT2D eigenvalue weighted by molar-refractivity contribution is 6.69. The van der Waals surface area contributed by atoms with Crippen molar-refractivity contribution < 1.29 is 0 Å². The highest BCUT2D eigenvalue weighted by Gasteiger charge is 2.08. The van der Waals surface area contributed by atoms with Crippen LogP contribution in [0.25, 0.3) is 11.1 Å². The summed E-state index contributed by atoms with van der Waals surface area (Å²) in [7, 11) is 0. The van der Waals surface area contributed by atoms with Gasteiger partial charge in [-0.2, -0.15) is 0 Å². The zero-order chi connectivity index (χ0) is 18.4. The van der Waals surface area contributed by atoms with Gasteiger partial charge in [0.1, 0.15) is 5.17 Å². The molecule has 130 valence electrons. The molecule has 0 atom stereocenters. The molecule has 0 aliphatic rings. The molecule has 3 aromatic carbocycles. The van der Waals surface area contributed by atoms with Gasteiger partial charge in [0.15, 0.2) is 0 Å². The normalized spacial score (nSPS) is 12.7. The molecule has 0 aliphatic heterocycles. The van der Waals surface area contributed by atoms with E-state index in [9.17, 15) is 0 Å². The van der Waals surface area contributed by atoms with E-state index in [4.69, 9.17) is 11.6 Å². The van der Waals surface area contributed by atoms with Gasteiger partial charge in [0.05, 0.1) is 6.54 Å². The lowest BCUT2D eigenvalue weighted by Gasteiger charge is -2.13. The topological polar surface area (TPSA) is 12.4 Å². The number of aliphatic imine (C=N–C) groups is 1. The monoisotopic (exact) mass is 359 g/mol. The highest BCUT2D eigenvalue weighted by Crippen LogP contribution is 2.28. The van der Waals surface area contributed by atoms with E-state index in [1.54, 1.807) is 0 Å². The van der Waals surface area contributed by atoms with Crippen LogP contribution in [0.15, 0.2) is 89.9 Å². The molecule has 0 saturated heterocycles. The van der Waals surface area contributed by atoms with E-state index in [1.165, 1.54) is 27.8 Å². The zero-order valence-corrected chi connectivity index (χ0v) is 15.9. The van der Waals surface area contributed by atoms with Gasteiger partial charge in [-0.1, -0.05) is 96.5 Å². The molecule has 26 heavy (non-hydrogen) atoms. The Bertz CT molecular complexity index is 925. The van der Waals surface area contributed by atoms with Gasteiger partial charge in [0, 0.05) is 5.56 Å². The Balaban J connectivity index is 1.92. The lowest BCUT2D eigenvalue weighted by atomic mass is 9.94. The maximum Gasteiger partial charge on any atom is 0.131 e. The first-order valence-corrected chi connectivity index (χ1v) is 9.11. The van der Waals surface area contributed by atoms with Crippen LogP contribution in [0.1, 0.15) is 36.1 Å². The highest BCUT2D eigenvalue weighted by atomic mass is 35.5. The van der Waals surface area contributed by atoms with Crippen LogP contribution in [0.4, 0.5) is 0 Å². The van der Waals surface area contributed by atoms with E-state index in [0.717, 1.165) is 5.56 Å². The Labute approximate surface area is 160 Å². The first kappa shape index (κ1) is 18.2. The second kappa shape index (κ2) is 8.64. The molecule has 0 N–H and O–H groups in total. The van der Waals surface area contributed by atoms with Crippen LogP contribution in [-0.4, -0.2) is 5.17 Å². The maximum atomic E-state index is 6.38. The molecule has 0 unspecified atom stereocenters. The fourth-order valence-corrected chi connectivity index (χ4v) is 3.14. The average molecular weight is 360 g/mol. The number of rotatable bonds is 5. The van der Waals surface area contributed by atoms with Crippen LogP contribution in [0.2, 0.25) is 0 Å². The number of halogens is 1. The van der Waals surface area contributed by atoms with Crippen LogP contribution in [-0.2, 0) is 6.54 Å². The molecule has 0 aliphatic carbocycles. The van der Waals surface area contributed by atoms with E-state index < -0.39 is 0 Å². The summed E-state index contributed by atoms with van der Waals surface area (Å²) in [6.45, 7) is 4.90. The van der Waals surface area contributed by atoms with Crippen LogP contribution >= 0.6 is 11.6 Å². The molecule has 3 aromatic rings. The van der Waals surface area contributed by atoms with Gasteiger partial charge in [0.2, 0.25) is 0 Å². The third-order valence-corrected chi connectivity index (χ3v) is 4.93. The third-order valence-electron chi connectivity index (χ3n) is 4.59. The lowest BCUT2D eigenvalue weighted by Crippen LogP contribution is -1.96. The Morgan fingerprint density at radius 2 is 1.23 bits per heavy atom. The predicted molar refractivity (Wildman–Crippen MR) is 114 cm³/mol. The van der Waals surface area contributed by atoms with Gasteiger partial charge in [-0.25, -0.2) is 0 Å². The second-order valence-corrected chi connectivity index (χ2v) is 6.60. The average Bonchev–Trinajstić information content (AvgIpc) is 2.72. The molecule has 0 spiro atoms. The Hall–Kier alpha value is -2.64. The van der Waals surface area contributed by atoms with Crippen molar-refractivity contribution in [3.8, 4) is 0 Å². The van der Waals surface area contributed by atoms with Crippen molar-refractivity contribution >= 4 is 27.9 Å². The van der Waals surface area contributed by atoms with E-state index in [-0.39, 0.29) is 0 Å². The van der Waals surface area contributed by atoms with Crippen LogP contribution in [0.5, 0.6) is 0 Å². The van der Waals surface area contributed by atoms with Gasteiger partial charge in [0.25, 0.3) is 0 Å². The largest absolute Gasteiger partial charge is 0.268 e. The van der Waals surface area contributed by atoms with Crippen molar-refractivity contribution in [2.24, 2.45) is 4.99 Å². The summed E-state index contributed by atoms with van der Waals surface area (Å²) in [5, 5.41) is 0.543. The fraction of sp³-hybridized carbons (Fsp3) is 0.125. The molecule has 2 heteroatoms. The molecule has 0 aromatic heterocycles. The molecule has 0 heterocycles. The number of hydrogen-bond donors (Lipinski definition) is 0. The molecule has 0 radical (unpaired) electrons. The summed E-state index contributed by atoms with van der Waals surface area (Å²) in [5.74, 6) is 0. The third kappa shape index (κ3) is 4.30. The minimum Gasteiger partial charge on any atom is -0.268 e. The first-order chi connectivity index (χ1) is 12.7. The molecule has 0 bridgehead atoms. The zero-order valence-electron chi connectivity index (χ0n) is 15.1. The molecule has 0 fully saturated rings. The standard InChI is InChI=1S/C24H22ClN/c1-18(20-11-5-3-6-12-20)19(2)23-16-10-9-15-22(23)17-26-24(25)21-13-7-4-8-14-21/h3-16H,17H2,1-2H3/b19-18-,26-24?. The summed E-state index contributed by atoms with van der Waals surface area (Å²) in [4.78, 5) is 4.60. The molecule has 0 saturated carbocycles. The summed E-state index contributed by atoms with van der Waals surface area (Å²) >= 11 is 6.38. The summed E-state index contributed by atoms with van der Waals surface area (Å²) in [6, 6.07) is 28.7. The molecule has 3 rings (SSSR count). The smallest absolute Gasteiger partial charge is 0.131 e. The first-order valence-electron chi connectivity index (χ1n) is 8.73. The predicted octanol–water partition coefficient (Wildman–Crippen LogP) is 6.82. The van der Waals surface area contributed by atoms with Gasteiger partial charge in [-0.3, -0.25) is 4.99 Å². The molecular formula is C24H22ClN.